The SMILES string of the molecule is CC(=O)C[C@@H]1N=C(c2ccc(Cl)cc2)c2c(sc(CCS(=O)(=O)c3ccccc3)c2C)-n2c(C)nnc21. The van der Waals surface area contributed by atoms with Crippen LogP contribution in [0.2, 0.25) is 5.02 Å². The first-order valence-corrected chi connectivity index (χ1v) is 14.7. The van der Waals surface area contributed by atoms with E-state index in [9.17, 15) is 13.2 Å². The number of benzene rings is 2. The molecule has 0 fully saturated rings. The van der Waals surface area contributed by atoms with Crippen molar-refractivity contribution in [1.82, 2.24) is 14.8 Å². The lowest BCUT2D eigenvalue weighted by Gasteiger charge is -2.11. The van der Waals surface area contributed by atoms with Gasteiger partial charge >= 0.3 is 0 Å². The normalized spacial score (nSPS) is 15.0. The van der Waals surface area contributed by atoms with Crippen LogP contribution in [-0.4, -0.2) is 40.4 Å². The van der Waals surface area contributed by atoms with E-state index in [2.05, 4.69) is 10.2 Å². The maximum atomic E-state index is 13.0. The summed E-state index contributed by atoms with van der Waals surface area (Å²) >= 11 is 7.69. The summed E-state index contributed by atoms with van der Waals surface area (Å²) in [6.45, 7) is 5.41. The van der Waals surface area contributed by atoms with Crippen LogP contribution in [0.15, 0.2) is 64.5 Å². The topological polar surface area (TPSA) is 94.3 Å². The highest BCUT2D eigenvalue weighted by Gasteiger charge is 2.32. The lowest BCUT2D eigenvalue weighted by Crippen LogP contribution is -2.11. The Morgan fingerprint density at radius 3 is 2.43 bits per heavy atom. The summed E-state index contributed by atoms with van der Waals surface area (Å²) in [6.07, 6.45) is 0.563. The van der Waals surface area contributed by atoms with Crippen molar-refractivity contribution in [3.63, 3.8) is 0 Å². The standard InChI is InChI=1S/C27H25ClN4O3S2/c1-16(33)15-22-26-31-30-18(3)32(26)27-24(25(29-22)19-9-11-20(28)12-10-19)17(2)23(36-27)13-14-37(34,35)21-7-5-4-6-8-21/h4-12,22H,13-15H2,1-3H3/t22-/m0/s1. The Hall–Kier alpha value is -3.14. The number of ketones is 1. The molecule has 0 saturated carbocycles. The van der Waals surface area contributed by atoms with Crippen molar-refractivity contribution in [2.45, 2.75) is 44.6 Å². The highest BCUT2D eigenvalue weighted by Crippen LogP contribution is 2.40. The molecule has 0 N–H and O–H groups in total. The van der Waals surface area contributed by atoms with Crippen LogP contribution in [0.5, 0.6) is 0 Å². The van der Waals surface area contributed by atoms with E-state index in [1.54, 1.807) is 37.3 Å². The van der Waals surface area contributed by atoms with Gasteiger partial charge in [-0.2, -0.15) is 0 Å². The lowest BCUT2D eigenvalue weighted by atomic mass is 9.99. The predicted molar refractivity (Wildman–Crippen MR) is 146 cm³/mol. The fraction of sp³-hybridized carbons (Fsp3) is 0.259. The molecule has 0 spiro atoms. The number of rotatable bonds is 7. The van der Waals surface area contributed by atoms with E-state index >= 15 is 0 Å². The van der Waals surface area contributed by atoms with Crippen molar-refractivity contribution in [2.24, 2.45) is 4.99 Å². The maximum Gasteiger partial charge on any atom is 0.178 e. The average Bonchev–Trinajstić information content (AvgIpc) is 3.36. The highest BCUT2D eigenvalue weighted by molar-refractivity contribution is 7.91. The van der Waals surface area contributed by atoms with Crippen molar-refractivity contribution in [3.05, 3.63) is 92.8 Å². The predicted octanol–water partition coefficient (Wildman–Crippen LogP) is 5.49. The first-order valence-electron chi connectivity index (χ1n) is 11.8. The largest absolute Gasteiger partial charge is 0.300 e. The van der Waals surface area contributed by atoms with E-state index in [0.29, 0.717) is 28.0 Å². The summed E-state index contributed by atoms with van der Waals surface area (Å²) < 4.78 is 28.0. The second-order valence-electron chi connectivity index (χ2n) is 9.06. The number of sulfone groups is 1. The molecule has 4 aromatic rings. The van der Waals surface area contributed by atoms with Crippen molar-refractivity contribution < 1.29 is 13.2 Å². The average molecular weight is 553 g/mol. The van der Waals surface area contributed by atoms with Gasteiger partial charge in [0.15, 0.2) is 15.7 Å². The number of thiophene rings is 1. The van der Waals surface area contributed by atoms with Crippen LogP contribution in [0.1, 0.15) is 52.6 Å². The van der Waals surface area contributed by atoms with Gasteiger partial charge in [0, 0.05) is 27.4 Å². The van der Waals surface area contributed by atoms with E-state index in [-0.39, 0.29) is 18.0 Å². The number of Topliss-reactive ketones (excluding diaryl/α,β-unsaturated/α-hetero) is 1. The summed E-state index contributed by atoms with van der Waals surface area (Å²) in [7, 11) is -3.44. The Morgan fingerprint density at radius 2 is 1.76 bits per heavy atom. The molecule has 190 valence electrons. The third-order valence-electron chi connectivity index (χ3n) is 6.40. The van der Waals surface area contributed by atoms with E-state index in [1.165, 1.54) is 11.3 Å². The second kappa shape index (κ2) is 9.96. The highest BCUT2D eigenvalue weighted by atomic mass is 35.5. The number of carbonyl (C=O) groups excluding carboxylic acids is 1. The van der Waals surface area contributed by atoms with Crippen LogP contribution < -0.4 is 0 Å². The second-order valence-corrected chi connectivity index (χ2v) is 12.7. The zero-order valence-corrected chi connectivity index (χ0v) is 23.0. The van der Waals surface area contributed by atoms with Gasteiger partial charge in [-0.1, -0.05) is 41.9 Å². The van der Waals surface area contributed by atoms with Gasteiger partial charge in [-0.15, -0.1) is 21.5 Å². The van der Waals surface area contributed by atoms with Crippen molar-refractivity contribution in [3.8, 4) is 5.00 Å². The Labute approximate surface area is 224 Å². The number of fused-ring (bicyclic) bond motifs is 3. The molecule has 1 atom stereocenters. The molecule has 0 radical (unpaired) electrons. The number of halogens is 1. The molecule has 10 heteroatoms. The smallest absolute Gasteiger partial charge is 0.178 e. The summed E-state index contributed by atoms with van der Waals surface area (Å²) in [5.41, 5.74) is 3.45. The fourth-order valence-electron chi connectivity index (χ4n) is 4.55. The molecular weight excluding hydrogens is 528 g/mol. The third-order valence-corrected chi connectivity index (χ3v) is 9.72. The van der Waals surface area contributed by atoms with Crippen LogP contribution >= 0.6 is 22.9 Å². The van der Waals surface area contributed by atoms with E-state index in [4.69, 9.17) is 16.6 Å². The monoisotopic (exact) mass is 552 g/mol. The molecule has 2 aromatic carbocycles. The molecule has 5 rings (SSSR count). The summed E-state index contributed by atoms with van der Waals surface area (Å²) in [5, 5.41) is 10.2. The summed E-state index contributed by atoms with van der Waals surface area (Å²) in [4.78, 5) is 18.5. The van der Waals surface area contributed by atoms with Crippen LogP contribution in [0.4, 0.5) is 0 Å². The molecule has 0 bridgehead atoms. The number of carbonyl (C=O) groups is 1. The molecular formula is C27H25ClN4O3S2. The first kappa shape index (κ1) is 25.5. The molecule has 0 unspecified atom stereocenters. The molecule has 0 aliphatic carbocycles. The molecule has 1 aliphatic rings. The number of aryl methyl sites for hydroxylation is 2. The Balaban J connectivity index is 1.65. The molecule has 1 aliphatic heterocycles. The van der Waals surface area contributed by atoms with Gasteiger partial charge in [-0.05, 0) is 57.0 Å². The zero-order valence-electron chi connectivity index (χ0n) is 20.6. The number of aromatic nitrogens is 3. The quantitative estimate of drug-likeness (QED) is 0.302. The van der Waals surface area contributed by atoms with Gasteiger partial charge in [-0.3, -0.25) is 14.4 Å². The van der Waals surface area contributed by atoms with Gasteiger partial charge < -0.3 is 0 Å². The fourth-order valence-corrected chi connectivity index (χ4v) is 7.45. The molecule has 37 heavy (non-hydrogen) atoms. The zero-order chi connectivity index (χ0) is 26.3. The first-order chi connectivity index (χ1) is 17.7. The van der Waals surface area contributed by atoms with Crippen molar-refractivity contribution in [1.29, 1.82) is 0 Å². The molecule has 7 nitrogen and oxygen atoms in total. The number of nitrogens with zero attached hydrogens (tertiary/aromatic N) is 4. The van der Waals surface area contributed by atoms with Crippen molar-refractivity contribution in [2.75, 3.05) is 5.75 Å². The van der Waals surface area contributed by atoms with E-state index in [0.717, 1.165) is 32.3 Å². The maximum absolute atomic E-state index is 13.0. The van der Waals surface area contributed by atoms with Crippen molar-refractivity contribution >= 4 is 44.3 Å². The summed E-state index contributed by atoms with van der Waals surface area (Å²) in [6, 6.07) is 15.5. The third kappa shape index (κ3) is 4.91. The minimum Gasteiger partial charge on any atom is -0.300 e. The Morgan fingerprint density at radius 1 is 1.05 bits per heavy atom. The Bertz CT molecular complexity index is 1620. The van der Waals surface area contributed by atoms with E-state index in [1.807, 2.05) is 42.7 Å². The Kier molecular flexibility index (Phi) is 6.87. The molecule has 0 saturated heterocycles. The van der Waals surface area contributed by atoms with E-state index < -0.39 is 15.9 Å². The minimum atomic E-state index is -3.44. The van der Waals surface area contributed by atoms with Gasteiger partial charge in [0.05, 0.1) is 16.4 Å². The van der Waals surface area contributed by atoms with Crippen LogP contribution in [0.25, 0.3) is 5.00 Å². The molecule has 3 heterocycles. The van der Waals surface area contributed by atoms with Crippen LogP contribution in [0, 0.1) is 13.8 Å². The van der Waals surface area contributed by atoms with Gasteiger partial charge in [0.1, 0.15) is 22.7 Å². The lowest BCUT2D eigenvalue weighted by molar-refractivity contribution is -0.117. The van der Waals surface area contributed by atoms with Crippen LogP contribution in [-0.2, 0) is 21.1 Å². The number of aliphatic imine (C=N–C) groups is 1. The van der Waals surface area contributed by atoms with Gasteiger partial charge in [0.25, 0.3) is 0 Å². The summed E-state index contributed by atoms with van der Waals surface area (Å²) in [5.74, 6) is 1.28. The number of hydrogen-bond donors (Lipinski definition) is 0. The minimum absolute atomic E-state index is 0.00481. The van der Waals surface area contributed by atoms with Gasteiger partial charge in [-0.25, -0.2) is 8.42 Å². The molecule has 0 amide bonds. The van der Waals surface area contributed by atoms with Crippen LogP contribution in [0.3, 0.4) is 0 Å². The van der Waals surface area contributed by atoms with Gasteiger partial charge in [0.2, 0.25) is 0 Å². The number of hydrogen-bond acceptors (Lipinski definition) is 7. The molecule has 2 aromatic heterocycles.